The molecular weight excluding hydrogens is 393 g/mol. The number of halogens is 1. The third kappa shape index (κ3) is 3.67. The summed E-state index contributed by atoms with van der Waals surface area (Å²) in [5.41, 5.74) is 0.906. The summed E-state index contributed by atoms with van der Waals surface area (Å²) in [6.45, 7) is 3.79. The van der Waals surface area contributed by atoms with E-state index in [1.165, 1.54) is 0 Å². The van der Waals surface area contributed by atoms with Gasteiger partial charge in [0.2, 0.25) is 0 Å². The Balaban J connectivity index is 2.31. The number of rotatable bonds is 5. The molecule has 5 nitrogen and oxygen atoms in total. The van der Waals surface area contributed by atoms with E-state index in [-0.39, 0.29) is 5.91 Å². The van der Waals surface area contributed by atoms with Gasteiger partial charge in [0.25, 0.3) is 5.91 Å². The van der Waals surface area contributed by atoms with E-state index in [1.807, 2.05) is 47.7 Å². The molecular formula is C16H20IN3O2. The maximum atomic E-state index is 12.4. The Hall–Kier alpha value is -1.41. The van der Waals surface area contributed by atoms with Crippen LogP contribution in [0.15, 0.2) is 30.5 Å². The second kappa shape index (κ2) is 6.78. The third-order valence-corrected chi connectivity index (χ3v) is 4.32. The number of carbonyl (C=O) groups excluding carboxylic acids is 1. The van der Waals surface area contributed by atoms with Gasteiger partial charge < -0.3 is 10.4 Å². The van der Waals surface area contributed by atoms with E-state index in [1.54, 1.807) is 30.9 Å². The Bertz CT molecular complexity index is 680. The first kappa shape index (κ1) is 17.0. The van der Waals surface area contributed by atoms with Gasteiger partial charge >= 0.3 is 0 Å². The number of hydrogen-bond acceptors (Lipinski definition) is 3. The molecule has 0 saturated carbocycles. The third-order valence-electron chi connectivity index (χ3n) is 3.52. The summed E-state index contributed by atoms with van der Waals surface area (Å²) in [6, 6.07) is 7.36. The van der Waals surface area contributed by atoms with E-state index in [4.69, 9.17) is 0 Å². The van der Waals surface area contributed by atoms with Crippen LogP contribution >= 0.6 is 22.6 Å². The molecule has 0 radical (unpaired) electrons. The largest absolute Gasteiger partial charge is 0.385 e. The molecule has 1 heterocycles. The van der Waals surface area contributed by atoms with E-state index in [2.05, 4.69) is 10.4 Å². The highest BCUT2D eigenvalue weighted by atomic mass is 127. The van der Waals surface area contributed by atoms with Crippen molar-refractivity contribution < 1.29 is 9.90 Å². The van der Waals surface area contributed by atoms with Gasteiger partial charge in [-0.3, -0.25) is 9.48 Å². The van der Waals surface area contributed by atoms with Crippen LogP contribution in [-0.2, 0) is 12.6 Å². The van der Waals surface area contributed by atoms with E-state index in [0.717, 1.165) is 12.0 Å². The van der Waals surface area contributed by atoms with Crippen molar-refractivity contribution in [3.63, 3.8) is 0 Å². The number of aryl methyl sites for hydroxylation is 1. The first-order valence-electron chi connectivity index (χ1n) is 7.17. The van der Waals surface area contributed by atoms with Crippen LogP contribution in [0, 0.1) is 3.70 Å². The molecule has 0 fully saturated rings. The quantitative estimate of drug-likeness (QED) is 0.740. The van der Waals surface area contributed by atoms with Gasteiger partial charge in [0.15, 0.2) is 0 Å². The predicted molar refractivity (Wildman–Crippen MR) is 94.8 cm³/mol. The predicted octanol–water partition coefficient (Wildman–Crippen LogP) is 3.28. The van der Waals surface area contributed by atoms with Crippen molar-refractivity contribution in [1.29, 1.82) is 0 Å². The highest BCUT2D eigenvalue weighted by molar-refractivity contribution is 14.1. The zero-order valence-electron chi connectivity index (χ0n) is 12.9. The van der Waals surface area contributed by atoms with E-state index < -0.39 is 5.60 Å². The first-order valence-corrected chi connectivity index (χ1v) is 8.25. The molecule has 0 aliphatic rings. The van der Waals surface area contributed by atoms with Crippen molar-refractivity contribution in [2.75, 3.05) is 5.32 Å². The maximum Gasteiger partial charge on any atom is 0.259 e. The number of para-hydroxylation sites is 1. The molecule has 1 atom stereocenters. The monoisotopic (exact) mass is 413 g/mol. The summed E-state index contributed by atoms with van der Waals surface area (Å²) in [7, 11) is 1.78. The fourth-order valence-corrected chi connectivity index (χ4v) is 3.21. The van der Waals surface area contributed by atoms with Crippen molar-refractivity contribution in [3.05, 3.63) is 45.3 Å². The van der Waals surface area contributed by atoms with Crippen LogP contribution in [0.4, 0.5) is 5.69 Å². The smallest absolute Gasteiger partial charge is 0.259 e. The zero-order valence-corrected chi connectivity index (χ0v) is 15.1. The second-order valence-corrected chi connectivity index (χ2v) is 6.55. The number of nitrogens with zero attached hydrogens (tertiary/aromatic N) is 2. The number of carbonyl (C=O) groups is 1. The lowest BCUT2D eigenvalue weighted by molar-refractivity contribution is 0.0477. The van der Waals surface area contributed by atoms with E-state index in [9.17, 15) is 9.90 Å². The topological polar surface area (TPSA) is 67.2 Å². The van der Waals surface area contributed by atoms with Gasteiger partial charge in [-0.05, 0) is 42.0 Å². The first-order chi connectivity index (χ1) is 10.3. The number of benzene rings is 1. The molecule has 0 aliphatic carbocycles. The summed E-state index contributed by atoms with van der Waals surface area (Å²) in [6.07, 6.45) is 3.17. The fourth-order valence-electron chi connectivity index (χ4n) is 2.49. The second-order valence-electron chi connectivity index (χ2n) is 5.53. The van der Waals surface area contributed by atoms with Crippen LogP contribution in [0.5, 0.6) is 0 Å². The van der Waals surface area contributed by atoms with Crippen molar-refractivity contribution in [1.82, 2.24) is 9.78 Å². The number of nitrogens with one attached hydrogen (secondary N) is 1. The van der Waals surface area contributed by atoms with Gasteiger partial charge in [0, 0.05) is 24.5 Å². The highest BCUT2D eigenvalue weighted by Crippen LogP contribution is 2.32. The van der Waals surface area contributed by atoms with Crippen LogP contribution in [0.1, 0.15) is 42.6 Å². The lowest BCUT2D eigenvalue weighted by atomic mass is 9.90. The van der Waals surface area contributed by atoms with Gasteiger partial charge in [-0.2, -0.15) is 5.10 Å². The molecule has 1 aromatic heterocycles. The summed E-state index contributed by atoms with van der Waals surface area (Å²) >= 11 is 2.04. The molecule has 0 bridgehead atoms. The minimum absolute atomic E-state index is 0.225. The molecule has 0 saturated heterocycles. The van der Waals surface area contributed by atoms with Crippen LogP contribution in [0.2, 0.25) is 0 Å². The number of hydrogen-bond donors (Lipinski definition) is 2. The molecule has 0 spiro atoms. The Labute approximate surface area is 143 Å². The lowest BCUT2D eigenvalue weighted by Gasteiger charge is -2.26. The van der Waals surface area contributed by atoms with Gasteiger partial charge in [-0.15, -0.1) is 0 Å². The summed E-state index contributed by atoms with van der Waals surface area (Å²) in [5.74, 6) is -0.225. The number of anilines is 1. The minimum Gasteiger partial charge on any atom is -0.385 e. The Kier molecular flexibility index (Phi) is 5.23. The van der Waals surface area contributed by atoms with Crippen LogP contribution < -0.4 is 5.32 Å². The maximum absolute atomic E-state index is 12.4. The van der Waals surface area contributed by atoms with Crippen LogP contribution in [0.3, 0.4) is 0 Å². The molecule has 118 valence electrons. The highest BCUT2D eigenvalue weighted by Gasteiger charge is 2.26. The molecule has 2 aromatic rings. The van der Waals surface area contributed by atoms with Crippen LogP contribution in [0.25, 0.3) is 0 Å². The molecule has 6 heteroatoms. The van der Waals surface area contributed by atoms with Crippen molar-refractivity contribution >= 4 is 34.2 Å². The number of aromatic nitrogens is 2. The lowest BCUT2D eigenvalue weighted by Crippen LogP contribution is -2.24. The molecule has 2 rings (SSSR count). The Morgan fingerprint density at radius 1 is 1.45 bits per heavy atom. The molecule has 2 N–H and O–H groups in total. The zero-order chi connectivity index (χ0) is 16.3. The summed E-state index contributed by atoms with van der Waals surface area (Å²) < 4.78 is 2.26. The van der Waals surface area contributed by atoms with Crippen molar-refractivity contribution in [3.8, 4) is 0 Å². The van der Waals surface area contributed by atoms with E-state index >= 15 is 0 Å². The van der Waals surface area contributed by atoms with Gasteiger partial charge in [-0.1, -0.05) is 31.5 Å². The molecule has 0 aliphatic heterocycles. The van der Waals surface area contributed by atoms with Gasteiger partial charge in [-0.25, -0.2) is 0 Å². The summed E-state index contributed by atoms with van der Waals surface area (Å²) in [4.78, 5) is 12.4. The van der Waals surface area contributed by atoms with Gasteiger partial charge in [0.1, 0.15) is 3.70 Å². The minimum atomic E-state index is -0.972. The molecule has 1 amide bonds. The average molecular weight is 413 g/mol. The van der Waals surface area contributed by atoms with Crippen molar-refractivity contribution in [2.45, 2.75) is 32.3 Å². The van der Waals surface area contributed by atoms with Crippen molar-refractivity contribution in [2.24, 2.45) is 7.05 Å². The fraction of sp³-hybridized carbons (Fsp3) is 0.375. The molecule has 1 aromatic carbocycles. The molecule has 22 heavy (non-hydrogen) atoms. The average Bonchev–Trinajstić information content (AvgIpc) is 2.78. The normalized spacial score (nSPS) is 13.7. The van der Waals surface area contributed by atoms with Gasteiger partial charge in [0.05, 0.1) is 11.2 Å². The van der Waals surface area contributed by atoms with Crippen LogP contribution in [-0.4, -0.2) is 20.8 Å². The number of amides is 1. The standard InChI is InChI=1S/C16H20IN3O2/c1-4-9-16(2,22)12-7-5-6-8-13(12)18-15(21)11-10-20(3)19-14(11)17/h5-8,10,22H,4,9H2,1-3H3,(H,18,21). The Morgan fingerprint density at radius 2 is 2.14 bits per heavy atom. The van der Waals surface area contributed by atoms with E-state index in [0.29, 0.717) is 21.4 Å². The summed E-state index contributed by atoms with van der Waals surface area (Å²) in [5, 5.41) is 17.7. The Morgan fingerprint density at radius 3 is 2.73 bits per heavy atom. The number of aliphatic hydroxyl groups is 1. The SMILES string of the molecule is CCCC(C)(O)c1ccccc1NC(=O)c1cn(C)nc1I. The molecule has 1 unspecified atom stereocenters.